The van der Waals surface area contributed by atoms with Gasteiger partial charge in [0, 0.05) is 18.4 Å². The zero-order valence-electron chi connectivity index (χ0n) is 14.6. The first-order valence-corrected chi connectivity index (χ1v) is 8.76. The quantitative estimate of drug-likeness (QED) is 0.759. The second kappa shape index (κ2) is 7.03. The minimum atomic E-state index is -0.603. The van der Waals surface area contributed by atoms with E-state index in [1.165, 1.54) is 11.3 Å². The van der Waals surface area contributed by atoms with Crippen LogP contribution in [0.2, 0.25) is 0 Å². The van der Waals surface area contributed by atoms with Crippen LogP contribution in [-0.2, 0) is 24.2 Å². The average Bonchev–Trinajstić information content (AvgIpc) is 3.30. The Labute approximate surface area is 151 Å². The molecule has 0 fully saturated rings. The van der Waals surface area contributed by atoms with Gasteiger partial charge in [0.2, 0.25) is 5.91 Å². The van der Waals surface area contributed by atoms with E-state index in [2.05, 4.69) is 31.9 Å². The molecule has 7 nitrogen and oxygen atoms in total. The highest BCUT2D eigenvalue weighted by Gasteiger charge is 2.25. The van der Waals surface area contributed by atoms with Crippen molar-refractivity contribution in [3.8, 4) is 0 Å². The van der Waals surface area contributed by atoms with E-state index in [9.17, 15) is 4.79 Å². The minimum absolute atomic E-state index is 0.146. The Morgan fingerprint density at radius 2 is 2.12 bits per heavy atom. The molecule has 0 spiro atoms. The Hall–Kier alpha value is -3.09. The summed E-state index contributed by atoms with van der Waals surface area (Å²) in [7, 11) is 0. The molecule has 7 heteroatoms. The summed E-state index contributed by atoms with van der Waals surface area (Å²) in [6, 6.07) is 11.1. The SMILES string of the molecule is Cc1nnnn1C(C(=O)NCc1cnc2c(c1)CCC2)c1ccccc1. The smallest absolute Gasteiger partial charge is 0.249 e. The lowest BCUT2D eigenvalue weighted by atomic mass is 10.1. The molecule has 0 saturated heterocycles. The standard InChI is InChI=1S/C19H20N6O/c1-13-22-23-24-25(13)18(15-6-3-2-4-7-15)19(26)21-12-14-10-16-8-5-9-17(16)20-11-14/h2-4,6-7,10-11,18H,5,8-9,12H2,1H3,(H,21,26). The van der Waals surface area contributed by atoms with E-state index in [1.807, 2.05) is 36.5 Å². The van der Waals surface area contributed by atoms with Gasteiger partial charge in [0.1, 0.15) is 5.82 Å². The third kappa shape index (κ3) is 3.20. The van der Waals surface area contributed by atoms with Crippen molar-refractivity contribution >= 4 is 5.91 Å². The molecule has 4 rings (SSSR count). The first kappa shape index (κ1) is 16.4. The molecule has 1 amide bonds. The van der Waals surface area contributed by atoms with Crippen LogP contribution in [0.5, 0.6) is 0 Å². The molecule has 0 bridgehead atoms. The highest BCUT2D eigenvalue weighted by atomic mass is 16.2. The summed E-state index contributed by atoms with van der Waals surface area (Å²) in [5, 5.41) is 14.6. The molecule has 1 N–H and O–H groups in total. The minimum Gasteiger partial charge on any atom is -0.350 e. The third-order valence-corrected chi connectivity index (χ3v) is 4.71. The molecular weight excluding hydrogens is 328 g/mol. The Kier molecular flexibility index (Phi) is 4.43. The van der Waals surface area contributed by atoms with Crippen molar-refractivity contribution in [2.75, 3.05) is 0 Å². The summed E-state index contributed by atoms with van der Waals surface area (Å²) < 4.78 is 1.55. The van der Waals surface area contributed by atoms with Crippen LogP contribution in [0.15, 0.2) is 42.6 Å². The molecule has 0 radical (unpaired) electrons. The van der Waals surface area contributed by atoms with Crippen molar-refractivity contribution in [2.24, 2.45) is 0 Å². The fraction of sp³-hybridized carbons (Fsp3) is 0.316. The lowest BCUT2D eigenvalue weighted by Crippen LogP contribution is -2.34. The van der Waals surface area contributed by atoms with Crippen LogP contribution < -0.4 is 5.32 Å². The number of carbonyl (C=O) groups is 1. The fourth-order valence-corrected chi connectivity index (χ4v) is 3.37. The van der Waals surface area contributed by atoms with Crippen LogP contribution in [0.4, 0.5) is 0 Å². The number of aryl methyl sites for hydroxylation is 3. The largest absolute Gasteiger partial charge is 0.350 e. The number of carbonyl (C=O) groups excluding carboxylic acids is 1. The summed E-state index contributed by atoms with van der Waals surface area (Å²) in [5.41, 5.74) is 4.34. The van der Waals surface area contributed by atoms with Gasteiger partial charge in [-0.3, -0.25) is 9.78 Å². The van der Waals surface area contributed by atoms with Crippen LogP contribution in [0.3, 0.4) is 0 Å². The maximum Gasteiger partial charge on any atom is 0.249 e. The van der Waals surface area contributed by atoms with Crippen molar-refractivity contribution in [3.05, 3.63) is 70.8 Å². The number of nitrogens with zero attached hydrogens (tertiary/aromatic N) is 5. The van der Waals surface area contributed by atoms with Crippen molar-refractivity contribution in [1.29, 1.82) is 0 Å². The molecule has 1 aromatic carbocycles. The molecule has 1 aliphatic rings. The van der Waals surface area contributed by atoms with Crippen LogP contribution >= 0.6 is 0 Å². The summed E-state index contributed by atoms with van der Waals surface area (Å²) in [6.07, 6.45) is 5.13. The van der Waals surface area contributed by atoms with Crippen LogP contribution in [0.1, 0.15) is 40.7 Å². The number of amides is 1. The Morgan fingerprint density at radius 1 is 1.27 bits per heavy atom. The van der Waals surface area contributed by atoms with E-state index in [0.29, 0.717) is 12.4 Å². The second-order valence-corrected chi connectivity index (χ2v) is 6.50. The first-order chi connectivity index (χ1) is 12.7. The van der Waals surface area contributed by atoms with Gasteiger partial charge in [-0.2, -0.15) is 0 Å². The van der Waals surface area contributed by atoms with Crippen LogP contribution in [0, 0.1) is 6.92 Å². The molecule has 3 aromatic rings. The molecule has 1 aliphatic carbocycles. The predicted octanol–water partition coefficient (Wildman–Crippen LogP) is 1.77. The van der Waals surface area contributed by atoms with E-state index >= 15 is 0 Å². The average molecular weight is 348 g/mol. The lowest BCUT2D eigenvalue weighted by molar-refractivity contribution is -0.123. The van der Waals surface area contributed by atoms with E-state index in [4.69, 9.17) is 0 Å². The molecule has 132 valence electrons. The van der Waals surface area contributed by atoms with E-state index in [-0.39, 0.29) is 5.91 Å². The van der Waals surface area contributed by atoms with Gasteiger partial charge in [-0.1, -0.05) is 36.4 Å². The zero-order valence-corrected chi connectivity index (χ0v) is 14.6. The van der Waals surface area contributed by atoms with E-state index in [0.717, 1.165) is 30.4 Å². The predicted molar refractivity (Wildman–Crippen MR) is 95.2 cm³/mol. The normalized spacial score (nSPS) is 14.0. The second-order valence-electron chi connectivity index (χ2n) is 6.50. The Balaban J connectivity index is 1.54. The third-order valence-electron chi connectivity index (χ3n) is 4.71. The molecular formula is C19H20N6O. The summed E-state index contributed by atoms with van der Waals surface area (Å²) >= 11 is 0. The van der Waals surface area contributed by atoms with Gasteiger partial charge in [0.15, 0.2) is 6.04 Å². The fourth-order valence-electron chi connectivity index (χ4n) is 3.37. The number of pyridine rings is 1. The number of hydrogen-bond donors (Lipinski definition) is 1. The van der Waals surface area contributed by atoms with Gasteiger partial charge in [-0.25, -0.2) is 4.68 Å². The molecule has 1 unspecified atom stereocenters. The van der Waals surface area contributed by atoms with Gasteiger partial charge >= 0.3 is 0 Å². The maximum absolute atomic E-state index is 13.0. The molecule has 2 heterocycles. The highest BCUT2D eigenvalue weighted by Crippen LogP contribution is 2.21. The van der Waals surface area contributed by atoms with Crippen LogP contribution in [0.25, 0.3) is 0 Å². The van der Waals surface area contributed by atoms with E-state index < -0.39 is 6.04 Å². The summed E-state index contributed by atoms with van der Waals surface area (Å²) in [5.74, 6) is 0.445. The molecule has 1 atom stereocenters. The first-order valence-electron chi connectivity index (χ1n) is 8.76. The maximum atomic E-state index is 13.0. The van der Waals surface area contributed by atoms with Gasteiger partial charge in [-0.05, 0) is 53.3 Å². The van der Waals surface area contributed by atoms with Crippen molar-refractivity contribution in [1.82, 2.24) is 30.5 Å². The van der Waals surface area contributed by atoms with E-state index in [1.54, 1.807) is 11.6 Å². The van der Waals surface area contributed by atoms with Crippen LogP contribution in [-0.4, -0.2) is 31.1 Å². The molecule has 26 heavy (non-hydrogen) atoms. The van der Waals surface area contributed by atoms with Crippen molar-refractivity contribution in [3.63, 3.8) is 0 Å². The number of fused-ring (bicyclic) bond motifs is 1. The topological polar surface area (TPSA) is 85.6 Å². The number of rotatable bonds is 5. The number of hydrogen-bond acceptors (Lipinski definition) is 5. The summed E-state index contributed by atoms with van der Waals surface area (Å²) in [6.45, 7) is 2.22. The van der Waals surface area contributed by atoms with Gasteiger partial charge in [0.05, 0.1) is 0 Å². The molecule has 2 aromatic heterocycles. The number of aromatic nitrogens is 5. The van der Waals surface area contributed by atoms with Crippen molar-refractivity contribution in [2.45, 2.75) is 38.8 Å². The van der Waals surface area contributed by atoms with Gasteiger partial charge < -0.3 is 5.32 Å². The highest BCUT2D eigenvalue weighted by molar-refractivity contribution is 5.83. The zero-order chi connectivity index (χ0) is 17.9. The van der Waals surface area contributed by atoms with Gasteiger partial charge in [-0.15, -0.1) is 5.10 Å². The summed E-state index contributed by atoms with van der Waals surface area (Å²) in [4.78, 5) is 17.5. The monoisotopic (exact) mass is 348 g/mol. The Bertz CT molecular complexity index is 921. The Morgan fingerprint density at radius 3 is 2.88 bits per heavy atom. The molecule has 0 saturated carbocycles. The number of benzene rings is 1. The van der Waals surface area contributed by atoms with Gasteiger partial charge in [0.25, 0.3) is 0 Å². The number of tetrazole rings is 1. The van der Waals surface area contributed by atoms with Crippen molar-refractivity contribution < 1.29 is 4.79 Å². The molecule has 0 aliphatic heterocycles. The lowest BCUT2D eigenvalue weighted by Gasteiger charge is -2.18. The number of nitrogens with one attached hydrogen (secondary N) is 1.